The molecule has 2 saturated heterocycles. The number of aromatic amines is 1. The van der Waals surface area contributed by atoms with E-state index in [1.165, 1.54) is 28.8 Å². The minimum absolute atomic E-state index is 0.202. The Morgan fingerprint density at radius 3 is 2.52 bits per heavy atom. The number of hydrogen-bond acceptors (Lipinski definition) is 9. The average Bonchev–Trinajstić information content (AvgIpc) is 3.43. The summed E-state index contributed by atoms with van der Waals surface area (Å²) in [4.78, 5) is 27.2. The molecule has 33 heavy (non-hydrogen) atoms. The van der Waals surface area contributed by atoms with E-state index in [1.54, 1.807) is 39.8 Å². The van der Waals surface area contributed by atoms with Crippen molar-refractivity contribution in [2.75, 3.05) is 13.2 Å². The SMILES string of the molecule is CCOP(=O)(/C=C/[C@H]1O[C@@H](n2c(-c3ccco3)cc(=O)[nH]c2=O)[C@@H]2OC(C)(C)O[C@@H]21)OCC. The lowest BCUT2D eigenvalue weighted by Crippen LogP contribution is -2.38. The zero-order valence-electron chi connectivity index (χ0n) is 18.8. The molecule has 0 bridgehead atoms. The van der Waals surface area contributed by atoms with Gasteiger partial charge in [-0.05, 0) is 45.9 Å². The monoisotopic (exact) mass is 482 g/mol. The van der Waals surface area contributed by atoms with Gasteiger partial charge in [0.05, 0.1) is 25.2 Å². The van der Waals surface area contributed by atoms with E-state index >= 15 is 0 Å². The smallest absolute Gasteiger partial charge is 0.353 e. The first-order chi connectivity index (χ1) is 15.7. The number of nitrogens with zero attached hydrogens (tertiary/aromatic N) is 1. The van der Waals surface area contributed by atoms with Crippen molar-refractivity contribution in [3.05, 3.63) is 57.2 Å². The van der Waals surface area contributed by atoms with E-state index in [9.17, 15) is 14.2 Å². The van der Waals surface area contributed by atoms with Gasteiger partial charge < -0.3 is 27.7 Å². The number of nitrogens with one attached hydrogen (secondary N) is 1. The molecule has 4 rings (SSSR count). The highest BCUT2D eigenvalue weighted by Gasteiger charge is 2.56. The minimum atomic E-state index is -3.49. The largest absolute Gasteiger partial charge is 0.463 e. The molecule has 0 aliphatic carbocycles. The van der Waals surface area contributed by atoms with Gasteiger partial charge in [-0.25, -0.2) is 4.79 Å². The third-order valence-electron chi connectivity index (χ3n) is 5.15. The van der Waals surface area contributed by atoms with Gasteiger partial charge in [0.15, 0.2) is 17.8 Å². The molecule has 2 aliphatic heterocycles. The first kappa shape index (κ1) is 23.9. The van der Waals surface area contributed by atoms with Gasteiger partial charge in [0.25, 0.3) is 5.56 Å². The van der Waals surface area contributed by atoms with Gasteiger partial charge in [0.2, 0.25) is 0 Å². The molecular formula is C21H27N2O9P. The summed E-state index contributed by atoms with van der Waals surface area (Å²) >= 11 is 0. The second-order valence-corrected chi connectivity index (χ2v) is 9.84. The van der Waals surface area contributed by atoms with Crippen molar-refractivity contribution in [1.82, 2.24) is 9.55 Å². The molecule has 2 aromatic rings. The molecule has 2 fully saturated rings. The van der Waals surface area contributed by atoms with Crippen LogP contribution >= 0.6 is 7.60 Å². The number of hydrogen-bond donors (Lipinski definition) is 1. The van der Waals surface area contributed by atoms with E-state index in [0.717, 1.165) is 0 Å². The number of H-pyrrole nitrogens is 1. The van der Waals surface area contributed by atoms with Crippen molar-refractivity contribution in [2.45, 2.75) is 58.0 Å². The second-order valence-electron chi connectivity index (χ2n) is 7.94. The van der Waals surface area contributed by atoms with Crippen LogP contribution in [0.5, 0.6) is 0 Å². The van der Waals surface area contributed by atoms with Crippen LogP contribution < -0.4 is 11.2 Å². The maximum atomic E-state index is 12.9. The Hall–Kier alpha value is -2.27. The van der Waals surface area contributed by atoms with Crippen molar-refractivity contribution >= 4 is 7.60 Å². The lowest BCUT2D eigenvalue weighted by Gasteiger charge is -2.25. The number of aromatic nitrogens is 2. The highest BCUT2D eigenvalue weighted by molar-refractivity contribution is 7.57. The van der Waals surface area contributed by atoms with Crippen LogP contribution in [0.2, 0.25) is 0 Å². The van der Waals surface area contributed by atoms with Crippen LogP contribution in [0, 0.1) is 0 Å². The van der Waals surface area contributed by atoms with Crippen LogP contribution in [0.3, 0.4) is 0 Å². The van der Waals surface area contributed by atoms with Gasteiger partial charge in [-0.1, -0.05) is 0 Å². The first-order valence-electron chi connectivity index (χ1n) is 10.7. The van der Waals surface area contributed by atoms with E-state index in [2.05, 4.69) is 4.98 Å². The molecule has 0 unspecified atom stereocenters. The Morgan fingerprint density at radius 2 is 1.88 bits per heavy atom. The Morgan fingerprint density at radius 1 is 1.18 bits per heavy atom. The molecule has 0 spiro atoms. The van der Waals surface area contributed by atoms with E-state index < -0.39 is 49.2 Å². The summed E-state index contributed by atoms with van der Waals surface area (Å²) in [6.07, 6.45) is -0.0508. The highest BCUT2D eigenvalue weighted by Crippen LogP contribution is 2.51. The molecular weight excluding hydrogens is 455 g/mol. The van der Waals surface area contributed by atoms with Crippen LogP contribution in [0.25, 0.3) is 11.5 Å². The fourth-order valence-electron chi connectivity index (χ4n) is 4.02. The number of fused-ring (bicyclic) bond motifs is 1. The third kappa shape index (κ3) is 4.84. The maximum Gasteiger partial charge on any atom is 0.353 e. The summed E-state index contributed by atoms with van der Waals surface area (Å²) in [6.45, 7) is 7.33. The first-order valence-corrected chi connectivity index (χ1v) is 12.3. The van der Waals surface area contributed by atoms with Crippen molar-refractivity contribution < 1.29 is 32.2 Å². The number of ether oxygens (including phenoxy) is 3. The molecule has 11 nitrogen and oxygen atoms in total. The molecule has 2 aliphatic rings. The molecule has 4 atom stereocenters. The molecule has 2 aromatic heterocycles. The summed E-state index contributed by atoms with van der Waals surface area (Å²) in [7, 11) is -3.49. The number of furan rings is 1. The summed E-state index contributed by atoms with van der Waals surface area (Å²) in [5.41, 5.74) is -1.04. The fraction of sp³-hybridized carbons (Fsp3) is 0.524. The Bertz CT molecular complexity index is 1160. The molecule has 4 heterocycles. The Kier molecular flexibility index (Phi) is 6.63. The van der Waals surface area contributed by atoms with Crippen molar-refractivity contribution in [3.8, 4) is 11.5 Å². The van der Waals surface area contributed by atoms with Crippen molar-refractivity contribution in [2.24, 2.45) is 0 Å². The lowest BCUT2D eigenvalue weighted by atomic mass is 10.1. The quantitative estimate of drug-likeness (QED) is 0.564. The molecule has 180 valence electrons. The van der Waals surface area contributed by atoms with Crippen molar-refractivity contribution in [1.29, 1.82) is 0 Å². The second kappa shape index (κ2) is 9.17. The fourth-order valence-corrected chi connectivity index (χ4v) is 5.36. The van der Waals surface area contributed by atoms with Gasteiger partial charge in [-0.3, -0.25) is 18.9 Å². The normalized spacial score (nSPS) is 26.8. The highest BCUT2D eigenvalue weighted by atomic mass is 31.2. The van der Waals surface area contributed by atoms with Gasteiger partial charge >= 0.3 is 13.3 Å². The van der Waals surface area contributed by atoms with Crippen LogP contribution in [-0.2, 0) is 27.8 Å². The van der Waals surface area contributed by atoms with E-state index in [-0.39, 0.29) is 18.9 Å². The maximum absolute atomic E-state index is 12.9. The minimum Gasteiger partial charge on any atom is -0.463 e. The van der Waals surface area contributed by atoms with Crippen LogP contribution in [0.15, 0.2) is 50.4 Å². The van der Waals surface area contributed by atoms with Crippen LogP contribution in [-0.4, -0.2) is 46.9 Å². The topological polar surface area (TPSA) is 131 Å². The predicted molar refractivity (Wildman–Crippen MR) is 117 cm³/mol. The van der Waals surface area contributed by atoms with Crippen LogP contribution in [0.1, 0.15) is 33.9 Å². The van der Waals surface area contributed by atoms with Gasteiger partial charge in [0.1, 0.15) is 18.3 Å². The predicted octanol–water partition coefficient (Wildman–Crippen LogP) is 2.99. The Balaban J connectivity index is 1.74. The third-order valence-corrected chi connectivity index (χ3v) is 6.92. The van der Waals surface area contributed by atoms with Crippen LogP contribution in [0.4, 0.5) is 0 Å². The summed E-state index contributed by atoms with van der Waals surface area (Å²) in [5, 5.41) is 0. The average molecular weight is 482 g/mol. The summed E-state index contributed by atoms with van der Waals surface area (Å²) < 4.78 is 48.4. The van der Waals surface area contributed by atoms with Gasteiger partial charge in [-0.15, -0.1) is 0 Å². The number of rotatable bonds is 8. The summed E-state index contributed by atoms with van der Waals surface area (Å²) in [5.74, 6) is 0.693. The Labute approximate surface area is 189 Å². The standard InChI is InChI=1S/C21H27N2O9P/c1-5-28-33(26,29-6-2)11-9-15-17-18(32-21(3,4)31-17)19(30-15)23-13(14-8-7-10-27-14)12-16(24)22-20(23)25/h7-12,15,17-19H,5-6H2,1-4H3,(H,22,24,25)/b11-9+/t15-,17-,18-,19-/m1/s1. The molecule has 1 N–H and O–H groups in total. The van der Waals surface area contributed by atoms with Gasteiger partial charge in [-0.2, -0.15) is 0 Å². The van der Waals surface area contributed by atoms with Crippen molar-refractivity contribution in [3.63, 3.8) is 0 Å². The molecule has 0 amide bonds. The lowest BCUT2D eigenvalue weighted by molar-refractivity contribution is -0.191. The zero-order chi connectivity index (χ0) is 23.8. The van der Waals surface area contributed by atoms with E-state index in [1.807, 2.05) is 0 Å². The van der Waals surface area contributed by atoms with Gasteiger partial charge in [0, 0.05) is 11.9 Å². The molecule has 0 aromatic carbocycles. The van der Waals surface area contributed by atoms with E-state index in [0.29, 0.717) is 5.76 Å². The molecule has 0 radical (unpaired) electrons. The van der Waals surface area contributed by atoms with E-state index in [4.69, 9.17) is 27.7 Å². The zero-order valence-corrected chi connectivity index (χ0v) is 19.7. The molecule has 0 saturated carbocycles. The molecule has 12 heteroatoms. The summed E-state index contributed by atoms with van der Waals surface area (Å²) in [6, 6.07) is 4.53.